The van der Waals surface area contributed by atoms with E-state index in [-0.39, 0.29) is 18.5 Å². The lowest BCUT2D eigenvalue weighted by atomic mass is 10.0. The summed E-state index contributed by atoms with van der Waals surface area (Å²) in [7, 11) is 0.680. The summed E-state index contributed by atoms with van der Waals surface area (Å²) < 4.78 is 33.0. The first kappa shape index (κ1) is 22.7. The summed E-state index contributed by atoms with van der Waals surface area (Å²) in [4.78, 5) is 12.8. The highest BCUT2D eigenvalue weighted by atomic mass is 32.2. The van der Waals surface area contributed by atoms with Crippen LogP contribution in [-0.4, -0.2) is 46.4 Å². The number of ether oxygens (including phenoxy) is 1. The monoisotopic (exact) mass is 419 g/mol. The molecule has 1 atom stereocenters. The Labute approximate surface area is 173 Å². The number of benzene rings is 2. The lowest BCUT2D eigenvalue weighted by Gasteiger charge is -2.28. The zero-order valence-corrected chi connectivity index (χ0v) is 18.4. The number of nitrogens with one attached hydrogen (secondary N) is 1. The van der Waals surface area contributed by atoms with E-state index < -0.39 is 10.2 Å². The number of amides is 1. The van der Waals surface area contributed by atoms with Crippen LogP contribution in [0.25, 0.3) is 0 Å². The van der Waals surface area contributed by atoms with E-state index in [1.54, 1.807) is 37.4 Å². The van der Waals surface area contributed by atoms with Crippen molar-refractivity contribution < 1.29 is 17.9 Å². The van der Waals surface area contributed by atoms with Crippen molar-refractivity contribution in [2.45, 2.75) is 26.3 Å². The summed E-state index contributed by atoms with van der Waals surface area (Å²) in [6.45, 7) is 3.60. The molecule has 1 N–H and O–H groups in total. The van der Waals surface area contributed by atoms with Gasteiger partial charge in [-0.2, -0.15) is 12.7 Å². The molecule has 0 aromatic heterocycles. The number of carbonyl (C=O) groups is 1. The number of para-hydroxylation sites is 1. The van der Waals surface area contributed by atoms with Gasteiger partial charge in [-0.15, -0.1) is 0 Å². The van der Waals surface area contributed by atoms with Crippen molar-refractivity contribution in [2.75, 3.05) is 32.1 Å². The van der Waals surface area contributed by atoms with Crippen molar-refractivity contribution in [3.8, 4) is 5.75 Å². The van der Waals surface area contributed by atoms with Crippen molar-refractivity contribution in [1.29, 1.82) is 0 Å². The summed E-state index contributed by atoms with van der Waals surface area (Å²) in [6, 6.07) is 14.1. The van der Waals surface area contributed by atoms with Crippen LogP contribution < -0.4 is 14.4 Å². The Hall–Kier alpha value is -2.58. The van der Waals surface area contributed by atoms with Gasteiger partial charge < -0.3 is 10.1 Å². The highest BCUT2D eigenvalue weighted by molar-refractivity contribution is 7.90. The maximum Gasteiger partial charge on any atom is 0.304 e. The molecule has 1 unspecified atom stereocenters. The van der Waals surface area contributed by atoms with Gasteiger partial charge in [-0.05, 0) is 42.7 Å². The molecule has 2 aromatic carbocycles. The molecule has 2 rings (SSSR count). The Kier molecular flexibility index (Phi) is 7.64. The van der Waals surface area contributed by atoms with E-state index >= 15 is 0 Å². The third kappa shape index (κ3) is 5.48. The van der Waals surface area contributed by atoms with Crippen molar-refractivity contribution >= 4 is 21.8 Å². The minimum Gasteiger partial charge on any atom is -0.496 e. The van der Waals surface area contributed by atoms with E-state index in [9.17, 15) is 13.2 Å². The van der Waals surface area contributed by atoms with E-state index in [4.69, 9.17) is 4.74 Å². The molecule has 8 heteroatoms. The van der Waals surface area contributed by atoms with Gasteiger partial charge in [0.2, 0.25) is 5.91 Å². The van der Waals surface area contributed by atoms with Gasteiger partial charge in [0.1, 0.15) is 12.3 Å². The Morgan fingerprint density at radius 2 is 1.79 bits per heavy atom. The fourth-order valence-electron chi connectivity index (χ4n) is 3.01. The molecule has 0 saturated heterocycles. The summed E-state index contributed by atoms with van der Waals surface area (Å²) >= 11 is 0. The van der Waals surface area contributed by atoms with Crippen LogP contribution in [0.15, 0.2) is 48.5 Å². The summed E-state index contributed by atoms with van der Waals surface area (Å²) in [5.74, 6) is 0.404. The van der Waals surface area contributed by atoms with E-state index in [1.807, 2.05) is 32.0 Å². The minimum absolute atomic E-state index is 0.230. The van der Waals surface area contributed by atoms with Crippen LogP contribution in [0.2, 0.25) is 0 Å². The number of nitrogens with zero attached hydrogens (tertiary/aromatic N) is 2. The fourth-order valence-corrected chi connectivity index (χ4v) is 4.07. The number of methoxy groups -OCH3 is 1. The fraction of sp³-hybridized carbons (Fsp3) is 0.381. The molecule has 1 amide bonds. The molecule has 0 saturated carbocycles. The van der Waals surface area contributed by atoms with Gasteiger partial charge >= 0.3 is 10.2 Å². The smallest absolute Gasteiger partial charge is 0.304 e. The SMILES string of the molecule is CCC(NC(=O)CN(c1ccccc1)S(=O)(=O)N(C)C)c1ccc(OC)c(C)c1. The predicted octanol–water partition coefficient (Wildman–Crippen LogP) is 2.88. The van der Waals surface area contributed by atoms with Crippen molar-refractivity contribution in [3.63, 3.8) is 0 Å². The first-order chi connectivity index (χ1) is 13.7. The normalized spacial score (nSPS) is 12.5. The maximum absolute atomic E-state index is 12.8. The topological polar surface area (TPSA) is 79.0 Å². The van der Waals surface area contributed by atoms with Crippen LogP contribution in [-0.2, 0) is 15.0 Å². The van der Waals surface area contributed by atoms with E-state index in [0.29, 0.717) is 12.1 Å². The molecule has 0 spiro atoms. The predicted molar refractivity (Wildman–Crippen MR) is 115 cm³/mol. The lowest BCUT2D eigenvalue weighted by molar-refractivity contribution is -0.120. The zero-order valence-electron chi connectivity index (χ0n) is 17.5. The molecule has 0 aliphatic carbocycles. The average Bonchev–Trinajstić information content (AvgIpc) is 2.70. The molecule has 0 aliphatic heterocycles. The Morgan fingerprint density at radius 1 is 1.14 bits per heavy atom. The number of hydrogen-bond donors (Lipinski definition) is 1. The van der Waals surface area contributed by atoms with E-state index in [2.05, 4.69) is 5.32 Å². The van der Waals surface area contributed by atoms with Gasteiger partial charge in [-0.3, -0.25) is 4.79 Å². The Balaban J connectivity index is 2.23. The molecule has 7 nitrogen and oxygen atoms in total. The van der Waals surface area contributed by atoms with Gasteiger partial charge in [0, 0.05) is 14.1 Å². The molecule has 0 aliphatic rings. The van der Waals surface area contributed by atoms with Crippen molar-refractivity contribution in [1.82, 2.24) is 9.62 Å². The molecule has 0 radical (unpaired) electrons. The van der Waals surface area contributed by atoms with Gasteiger partial charge in [0.15, 0.2) is 0 Å². The van der Waals surface area contributed by atoms with Gasteiger partial charge in [0.05, 0.1) is 18.8 Å². The largest absolute Gasteiger partial charge is 0.496 e. The molecule has 0 heterocycles. The quantitative estimate of drug-likeness (QED) is 0.678. The number of carbonyl (C=O) groups excluding carboxylic acids is 1. The Morgan fingerprint density at radius 3 is 2.31 bits per heavy atom. The van der Waals surface area contributed by atoms with Gasteiger partial charge in [-0.1, -0.05) is 37.3 Å². The van der Waals surface area contributed by atoms with Crippen molar-refractivity contribution in [2.24, 2.45) is 0 Å². The highest BCUT2D eigenvalue weighted by Gasteiger charge is 2.28. The first-order valence-corrected chi connectivity index (χ1v) is 10.8. The first-order valence-electron chi connectivity index (χ1n) is 9.39. The molecule has 0 bridgehead atoms. The minimum atomic E-state index is -3.82. The van der Waals surface area contributed by atoms with Crippen LogP contribution in [0.5, 0.6) is 5.75 Å². The van der Waals surface area contributed by atoms with Crippen LogP contribution in [0.1, 0.15) is 30.5 Å². The summed E-state index contributed by atoms with van der Waals surface area (Å²) in [5.41, 5.74) is 2.35. The van der Waals surface area contributed by atoms with Crippen molar-refractivity contribution in [3.05, 3.63) is 59.7 Å². The third-order valence-electron chi connectivity index (χ3n) is 4.64. The average molecular weight is 420 g/mol. The number of rotatable bonds is 9. The maximum atomic E-state index is 12.8. The van der Waals surface area contributed by atoms with Crippen LogP contribution in [0, 0.1) is 6.92 Å². The highest BCUT2D eigenvalue weighted by Crippen LogP contribution is 2.24. The van der Waals surface area contributed by atoms with Crippen LogP contribution in [0.4, 0.5) is 5.69 Å². The number of hydrogen-bond acceptors (Lipinski definition) is 4. The summed E-state index contributed by atoms with van der Waals surface area (Å²) in [5, 5.41) is 2.95. The second-order valence-corrected chi connectivity index (χ2v) is 8.96. The number of aryl methyl sites for hydroxylation is 1. The lowest BCUT2D eigenvalue weighted by Crippen LogP contribution is -2.46. The van der Waals surface area contributed by atoms with Crippen LogP contribution >= 0.6 is 0 Å². The second-order valence-electron chi connectivity index (χ2n) is 6.89. The molecular formula is C21H29N3O4S. The third-order valence-corrected chi connectivity index (χ3v) is 6.46. The molecule has 2 aromatic rings. The Bertz CT molecular complexity index is 930. The van der Waals surface area contributed by atoms with Gasteiger partial charge in [0.25, 0.3) is 0 Å². The number of anilines is 1. The van der Waals surface area contributed by atoms with Crippen LogP contribution in [0.3, 0.4) is 0 Å². The van der Waals surface area contributed by atoms with Gasteiger partial charge in [-0.25, -0.2) is 4.31 Å². The second kappa shape index (κ2) is 9.76. The van der Waals surface area contributed by atoms with E-state index in [1.165, 1.54) is 14.1 Å². The zero-order chi connectivity index (χ0) is 21.6. The standard InChI is InChI=1S/C21H29N3O4S/c1-6-19(17-12-13-20(28-5)16(2)14-17)22-21(25)15-24(29(26,27)23(3)4)18-10-8-7-9-11-18/h7-14,19H,6,15H2,1-5H3,(H,22,25). The molecule has 158 valence electrons. The van der Waals surface area contributed by atoms with E-state index in [0.717, 1.165) is 25.5 Å². The molecule has 0 fully saturated rings. The molecule has 29 heavy (non-hydrogen) atoms. The molecular weight excluding hydrogens is 390 g/mol. The summed E-state index contributed by atoms with van der Waals surface area (Å²) in [6.07, 6.45) is 0.670.